The highest BCUT2D eigenvalue weighted by Crippen LogP contribution is 2.33. The number of aryl methyl sites for hydroxylation is 1. The van der Waals surface area contributed by atoms with Crippen LogP contribution in [0.5, 0.6) is 0 Å². The van der Waals surface area contributed by atoms with Gasteiger partial charge >= 0.3 is 0 Å². The Kier molecular flexibility index (Phi) is 3.07. The van der Waals surface area contributed by atoms with Crippen LogP contribution in [0.3, 0.4) is 0 Å². The lowest BCUT2D eigenvalue weighted by Gasteiger charge is -2.07. The predicted molar refractivity (Wildman–Crippen MR) is 80.4 cm³/mol. The summed E-state index contributed by atoms with van der Waals surface area (Å²) < 4.78 is 15.7. The summed E-state index contributed by atoms with van der Waals surface area (Å²) in [6.45, 7) is 1.99. The van der Waals surface area contributed by atoms with Gasteiger partial charge in [-0.3, -0.25) is 0 Å². The summed E-state index contributed by atoms with van der Waals surface area (Å²) in [5, 5.41) is 10.3. The number of rotatable bonds is 1. The molecule has 1 aromatic heterocycles. The molecule has 0 aliphatic rings. The second-order valence-corrected chi connectivity index (χ2v) is 5.36. The molecule has 0 saturated carbocycles. The highest BCUT2D eigenvalue weighted by molar-refractivity contribution is 9.10. The van der Waals surface area contributed by atoms with E-state index in [2.05, 4.69) is 22.0 Å². The van der Waals surface area contributed by atoms with Gasteiger partial charge in [0.2, 0.25) is 0 Å². The maximum atomic E-state index is 13.1. The Morgan fingerprint density at radius 1 is 1.15 bits per heavy atom. The molecule has 0 fully saturated rings. The van der Waals surface area contributed by atoms with Crippen LogP contribution in [0.25, 0.3) is 16.6 Å². The van der Waals surface area contributed by atoms with Crippen molar-refractivity contribution in [1.29, 1.82) is 5.26 Å². The van der Waals surface area contributed by atoms with Crippen LogP contribution >= 0.6 is 15.9 Å². The molecule has 0 unspecified atom stereocenters. The second kappa shape index (κ2) is 4.77. The van der Waals surface area contributed by atoms with Crippen molar-refractivity contribution >= 4 is 26.8 Å². The van der Waals surface area contributed by atoms with Gasteiger partial charge in [-0.1, -0.05) is 11.6 Å². The Hall–Kier alpha value is -2.12. The first-order valence-electron chi connectivity index (χ1n) is 6.08. The minimum absolute atomic E-state index is 0.280. The lowest BCUT2D eigenvalue weighted by atomic mass is 10.1. The van der Waals surface area contributed by atoms with Gasteiger partial charge in [-0.2, -0.15) is 5.26 Å². The van der Waals surface area contributed by atoms with Crippen molar-refractivity contribution in [3.63, 3.8) is 0 Å². The maximum absolute atomic E-state index is 13.1. The number of aromatic nitrogens is 1. The van der Waals surface area contributed by atoms with E-state index in [0.717, 1.165) is 22.2 Å². The molecular formula is C16H10BrFN2. The molecule has 0 aliphatic heterocycles. The van der Waals surface area contributed by atoms with Crippen molar-refractivity contribution in [2.45, 2.75) is 6.92 Å². The van der Waals surface area contributed by atoms with Crippen LogP contribution in [-0.4, -0.2) is 4.57 Å². The van der Waals surface area contributed by atoms with E-state index in [1.54, 1.807) is 12.1 Å². The summed E-state index contributed by atoms with van der Waals surface area (Å²) in [6, 6.07) is 14.4. The number of halogens is 2. The number of nitrogens with zero attached hydrogens (tertiary/aromatic N) is 2. The Morgan fingerprint density at radius 2 is 1.85 bits per heavy atom. The van der Waals surface area contributed by atoms with Gasteiger partial charge in [-0.25, -0.2) is 4.39 Å². The first-order chi connectivity index (χ1) is 9.61. The summed E-state index contributed by atoms with van der Waals surface area (Å²) in [6.07, 6.45) is 0. The number of hydrogen-bond donors (Lipinski definition) is 0. The second-order valence-electron chi connectivity index (χ2n) is 4.61. The average molecular weight is 329 g/mol. The number of fused-ring (bicyclic) bond motifs is 1. The van der Waals surface area contributed by atoms with Gasteiger partial charge in [0.1, 0.15) is 16.5 Å². The molecular weight excluding hydrogens is 319 g/mol. The molecule has 20 heavy (non-hydrogen) atoms. The van der Waals surface area contributed by atoms with Gasteiger partial charge in [-0.15, -0.1) is 0 Å². The fourth-order valence-electron chi connectivity index (χ4n) is 2.32. The van der Waals surface area contributed by atoms with Crippen molar-refractivity contribution in [1.82, 2.24) is 4.57 Å². The molecule has 0 aliphatic carbocycles. The van der Waals surface area contributed by atoms with Gasteiger partial charge in [0.25, 0.3) is 0 Å². The summed E-state index contributed by atoms with van der Waals surface area (Å²) >= 11 is 3.48. The monoisotopic (exact) mass is 328 g/mol. The Bertz CT molecular complexity index is 842. The molecule has 98 valence electrons. The minimum Gasteiger partial charge on any atom is -0.303 e. The van der Waals surface area contributed by atoms with Crippen LogP contribution in [0.2, 0.25) is 0 Å². The van der Waals surface area contributed by atoms with E-state index in [-0.39, 0.29) is 5.82 Å². The molecule has 2 nitrogen and oxygen atoms in total. The molecule has 0 atom stereocenters. The topological polar surface area (TPSA) is 28.7 Å². The minimum atomic E-state index is -0.280. The van der Waals surface area contributed by atoms with E-state index in [1.807, 2.05) is 29.7 Å². The fourth-order valence-corrected chi connectivity index (χ4v) is 3.02. The van der Waals surface area contributed by atoms with Crippen molar-refractivity contribution in [2.24, 2.45) is 0 Å². The number of benzene rings is 2. The first-order valence-corrected chi connectivity index (χ1v) is 6.87. The number of hydrogen-bond acceptors (Lipinski definition) is 1. The quantitative estimate of drug-likeness (QED) is 0.635. The summed E-state index contributed by atoms with van der Waals surface area (Å²) in [4.78, 5) is 0. The normalized spacial score (nSPS) is 10.7. The molecule has 0 amide bonds. The van der Waals surface area contributed by atoms with E-state index in [4.69, 9.17) is 0 Å². The molecule has 0 saturated heterocycles. The third-order valence-corrected chi connectivity index (χ3v) is 4.01. The van der Waals surface area contributed by atoms with Crippen LogP contribution in [0, 0.1) is 24.1 Å². The van der Waals surface area contributed by atoms with E-state index in [0.29, 0.717) is 10.2 Å². The summed E-state index contributed by atoms with van der Waals surface area (Å²) in [5.41, 5.74) is 3.42. The molecule has 2 aromatic carbocycles. The maximum Gasteiger partial charge on any atom is 0.123 e. The summed E-state index contributed by atoms with van der Waals surface area (Å²) in [5.74, 6) is -0.280. The third kappa shape index (κ3) is 1.91. The van der Waals surface area contributed by atoms with Crippen molar-refractivity contribution in [3.8, 4) is 11.8 Å². The highest BCUT2D eigenvalue weighted by atomic mass is 79.9. The summed E-state index contributed by atoms with van der Waals surface area (Å²) in [7, 11) is 0. The lowest BCUT2D eigenvalue weighted by molar-refractivity contribution is 0.627. The Labute approximate surface area is 124 Å². The standard InChI is InChI=1S/C16H10BrFN2/c1-10-2-7-15-13(8-10)14(9-19)16(17)20(15)12-5-3-11(18)4-6-12/h2-8H,1H3. The van der Waals surface area contributed by atoms with Crippen LogP contribution < -0.4 is 0 Å². The van der Waals surface area contributed by atoms with Crippen molar-refractivity contribution in [2.75, 3.05) is 0 Å². The van der Waals surface area contributed by atoms with Crippen molar-refractivity contribution < 1.29 is 4.39 Å². The van der Waals surface area contributed by atoms with E-state index < -0.39 is 0 Å². The zero-order valence-electron chi connectivity index (χ0n) is 10.7. The van der Waals surface area contributed by atoms with Gasteiger partial charge < -0.3 is 4.57 Å². The SMILES string of the molecule is Cc1ccc2c(c1)c(C#N)c(Br)n2-c1ccc(F)cc1. The smallest absolute Gasteiger partial charge is 0.123 e. The van der Waals surface area contributed by atoms with E-state index in [9.17, 15) is 9.65 Å². The highest BCUT2D eigenvalue weighted by Gasteiger charge is 2.16. The van der Waals surface area contributed by atoms with Gasteiger partial charge in [0.15, 0.2) is 0 Å². The van der Waals surface area contributed by atoms with Gasteiger partial charge in [0, 0.05) is 11.1 Å². The van der Waals surface area contributed by atoms with Crippen molar-refractivity contribution in [3.05, 3.63) is 64.0 Å². The van der Waals surface area contributed by atoms with Gasteiger partial charge in [0.05, 0.1) is 11.1 Å². The Balaban J connectivity index is 2.39. The Morgan fingerprint density at radius 3 is 2.50 bits per heavy atom. The molecule has 0 N–H and O–H groups in total. The van der Waals surface area contributed by atoms with E-state index in [1.165, 1.54) is 12.1 Å². The molecule has 0 spiro atoms. The molecule has 4 heteroatoms. The van der Waals surface area contributed by atoms with Gasteiger partial charge in [-0.05, 0) is 59.3 Å². The molecule has 3 aromatic rings. The first kappa shape index (κ1) is 12.9. The average Bonchev–Trinajstić information content (AvgIpc) is 2.71. The van der Waals surface area contributed by atoms with Crippen LogP contribution in [0.4, 0.5) is 4.39 Å². The zero-order valence-corrected chi connectivity index (χ0v) is 12.3. The molecule has 0 bridgehead atoms. The fraction of sp³-hybridized carbons (Fsp3) is 0.0625. The van der Waals surface area contributed by atoms with E-state index >= 15 is 0 Å². The molecule has 3 rings (SSSR count). The van der Waals surface area contributed by atoms with Crippen LogP contribution in [0.15, 0.2) is 47.1 Å². The van der Waals surface area contributed by atoms with Crippen LogP contribution in [-0.2, 0) is 0 Å². The number of nitriles is 1. The predicted octanol–water partition coefficient (Wildman–Crippen LogP) is 4.71. The zero-order chi connectivity index (χ0) is 14.3. The lowest BCUT2D eigenvalue weighted by Crippen LogP contribution is -1.94. The van der Waals surface area contributed by atoms with Crippen LogP contribution in [0.1, 0.15) is 11.1 Å². The molecule has 1 heterocycles. The molecule has 0 radical (unpaired) electrons. The third-order valence-electron chi connectivity index (χ3n) is 3.26. The largest absolute Gasteiger partial charge is 0.303 e.